The molecule has 0 bridgehead atoms. The molecule has 0 aromatic heterocycles. The molecule has 0 radical (unpaired) electrons. The Balaban J connectivity index is 1.73. The van der Waals surface area contributed by atoms with Crippen molar-refractivity contribution in [1.82, 2.24) is 5.32 Å². The first kappa shape index (κ1) is 18.0. The van der Waals surface area contributed by atoms with Crippen LogP contribution in [-0.4, -0.2) is 38.4 Å². The number of halogens is 2. The number of hydrogen-bond acceptors (Lipinski definition) is 3. The number of rotatable bonds is 5. The molecule has 3 rings (SSSR count). The smallest absolute Gasteiger partial charge is 0.230 e. The average Bonchev–Trinajstić information content (AvgIpc) is 3.08. The van der Waals surface area contributed by atoms with Crippen molar-refractivity contribution < 1.29 is 14.3 Å². The third-order valence-corrected chi connectivity index (χ3v) is 5.55. The van der Waals surface area contributed by atoms with E-state index in [2.05, 4.69) is 5.32 Å². The molecule has 1 amide bonds. The molecule has 1 unspecified atom stereocenters. The van der Waals surface area contributed by atoms with Gasteiger partial charge in [-0.1, -0.05) is 29.3 Å². The van der Waals surface area contributed by atoms with Crippen molar-refractivity contribution in [3.63, 3.8) is 0 Å². The molecule has 2 aliphatic rings. The Labute approximate surface area is 152 Å². The van der Waals surface area contributed by atoms with Gasteiger partial charge in [0.25, 0.3) is 0 Å². The first-order valence-electron chi connectivity index (χ1n) is 8.55. The summed E-state index contributed by atoms with van der Waals surface area (Å²) < 4.78 is 11.1. The van der Waals surface area contributed by atoms with Crippen LogP contribution in [0.3, 0.4) is 0 Å². The molecule has 132 valence electrons. The van der Waals surface area contributed by atoms with Crippen molar-refractivity contribution >= 4 is 29.1 Å². The van der Waals surface area contributed by atoms with Crippen molar-refractivity contribution in [2.24, 2.45) is 0 Å². The van der Waals surface area contributed by atoms with E-state index in [0.29, 0.717) is 42.6 Å². The number of carbonyl (C=O) groups is 1. The fourth-order valence-corrected chi connectivity index (χ4v) is 4.19. The number of hydrogen-bond donors (Lipinski definition) is 1. The lowest BCUT2D eigenvalue weighted by atomic mass is 9.73. The summed E-state index contributed by atoms with van der Waals surface area (Å²) in [6.07, 6.45) is 4.57. The zero-order chi connectivity index (χ0) is 17.0. The molecule has 2 fully saturated rings. The van der Waals surface area contributed by atoms with Gasteiger partial charge in [0.05, 0.1) is 11.5 Å². The summed E-state index contributed by atoms with van der Waals surface area (Å²) >= 11 is 12.4. The summed E-state index contributed by atoms with van der Waals surface area (Å²) in [6, 6.07) is 5.37. The number of carbonyl (C=O) groups excluding carboxylic acids is 1. The highest BCUT2D eigenvalue weighted by Gasteiger charge is 2.43. The number of nitrogens with one attached hydrogen (secondary N) is 1. The summed E-state index contributed by atoms with van der Waals surface area (Å²) in [5.41, 5.74) is 0.197. The van der Waals surface area contributed by atoms with Crippen LogP contribution < -0.4 is 5.32 Å². The largest absolute Gasteiger partial charge is 0.381 e. The van der Waals surface area contributed by atoms with E-state index in [0.717, 1.165) is 31.4 Å². The number of benzene rings is 1. The van der Waals surface area contributed by atoms with Crippen LogP contribution in [0.25, 0.3) is 0 Å². The normalized spacial score (nSPS) is 23.2. The molecular weight excluding hydrogens is 349 g/mol. The molecule has 6 heteroatoms. The van der Waals surface area contributed by atoms with E-state index in [1.165, 1.54) is 0 Å². The summed E-state index contributed by atoms with van der Waals surface area (Å²) in [5.74, 6) is 0.0213. The molecule has 2 heterocycles. The lowest BCUT2D eigenvalue weighted by molar-refractivity contribution is -0.130. The van der Waals surface area contributed by atoms with E-state index in [1.54, 1.807) is 12.1 Å². The maximum Gasteiger partial charge on any atom is 0.230 e. The van der Waals surface area contributed by atoms with E-state index >= 15 is 0 Å². The van der Waals surface area contributed by atoms with E-state index in [4.69, 9.17) is 32.7 Å². The first-order valence-corrected chi connectivity index (χ1v) is 9.30. The molecule has 1 N–H and O–H groups in total. The van der Waals surface area contributed by atoms with Gasteiger partial charge in [0, 0.05) is 36.4 Å². The summed E-state index contributed by atoms with van der Waals surface area (Å²) in [6.45, 7) is 2.56. The molecule has 0 saturated carbocycles. The maximum absolute atomic E-state index is 13.0. The third kappa shape index (κ3) is 3.88. The molecule has 1 aromatic rings. The molecule has 1 atom stereocenters. The molecule has 1 aromatic carbocycles. The summed E-state index contributed by atoms with van der Waals surface area (Å²) in [5, 5.41) is 4.21. The van der Waals surface area contributed by atoms with Crippen molar-refractivity contribution in [3.8, 4) is 0 Å². The van der Waals surface area contributed by atoms with Gasteiger partial charge in [-0.15, -0.1) is 0 Å². The summed E-state index contributed by atoms with van der Waals surface area (Å²) in [7, 11) is 0. The van der Waals surface area contributed by atoms with Gasteiger partial charge in [-0.2, -0.15) is 0 Å². The lowest BCUT2D eigenvalue weighted by Crippen LogP contribution is -2.48. The Hall–Kier alpha value is -0.810. The minimum atomic E-state index is -0.642. The van der Waals surface area contributed by atoms with Gasteiger partial charge >= 0.3 is 0 Å². The molecule has 24 heavy (non-hydrogen) atoms. The quantitative estimate of drug-likeness (QED) is 0.857. The van der Waals surface area contributed by atoms with Crippen LogP contribution in [0.4, 0.5) is 0 Å². The van der Waals surface area contributed by atoms with Gasteiger partial charge in [-0.05, 0) is 49.8 Å². The highest BCUT2D eigenvalue weighted by atomic mass is 35.5. The predicted octanol–water partition coefficient (Wildman–Crippen LogP) is 3.73. The monoisotopic (exact) mass is 371 g/mol. The molecule has 0 aliphatic carbocycles. The molecule has 2 saturated heterocycles. The topological polar surface area (TPSA) is 47.6 Å². The van der Waals surface area contributed by atoms with Crippen LogP contribution in [0.15, 0.2) is 18.2 Å². The third-order valence-electron chi connectivity index (χ3n) is 5.00. The standard InChI is InChI=1S/C18H23Cl2NO3/c19-13-3-4-15(16(20)12-13)18(6-10-23-11-7-18)17(22)21-8-5-14-2-1-9-24-14/h3-4,12,14H,1-2,5-11H2,(H,21,22). The van der Waals surface area contributed by atoms with E-state index in [1.807, 2.05) is 6.07 Å². The van der Waals surface area contributed by atoms with Crippen LogP contribution >= 0.6 is 23.2 Å². The van der Waals surface area contributed by atoms with Crippen molar-refractivity contribution in [2.45, 2.75) is 43.6 Å². The van der Waals surface area contributed by atoms with Crippen LogP contribution in [0, 0.1) is 0 Å². The van der Waals surface area contributed by atoms with Crippen molar-refractivity contribution in [3.05, 3.63) is 33.8 Å². The SMILES string of the molecule is O=C(NCCC1CCCO1)C1(c2ccc(Cl)cc2Cl)CCOCC1. The first-order chi connectivity index (χ1) is 11.6. The fraction of sp³-hybridized carbons (Fsp3) is 0.611. The lowest BCUT2D eigenvalue weighted by Gasteiger charge is -2.37. The number of amides is 1. The van der Waals surface area contributed by atoms with Crippen LogP contribution in [0.1, 0.15) is 37.7 Å². The highest BCUT2D eigenvalue weighted by molar-refractivity contribution is 6.35. The minimum absolute atomic E-state index is 0.0213. The van der Waals surface area contributed by atoms with Gasteiger partial charge in [-0.3, -0.25) is 4.79 Å². The fourth-order valence-electron chi connectivity index (χ4n) is 3.60. The zero-order valence-electron chi connectivity index (χ0n) is 13.7. The van der Waals surface area contributed by atoms with Gasteiger partial charge in [0.2, 0.25) is 5.91 Å². The second-order valence-electron chi connectivity index (χ2n) is 6.50. The molecule has 4 nitrogen and oxygen atoms in total. The Morgan fingerprint density at radius 3 is 2.71 bits per heavy atom. The maximum atomic E-state index is 13.0. The zero-order valence-corrected chi connectivity index (χ0v) is 15.2. The Morgan fingerprint density at radius 1 is 1.25 bits per heavy atom. The van der Waals surface area contributed by atoms with Crippen LogP contribution in [0.2, 0.25) is 10.0 Å². The van der Waals surface area contributed by atoms with E-state index < -0.39 is 5.41 Å². The van der Waals surface area contributed by atoms with Crippen molar-refractivity contribution in [2.75, 3.05) is 26.4 Å². The highest BCUT2D eigenvalue weighted by Crippen LogP contribution is 2.39. The number of ether oxygens (including phenoxy) is 2. The van der Waals surface area contributed by atoms with Crippen LogP contribution in [-0.2, 0) is 19.7 Å². The Bertz CT molecular complexity index is 582. The predicted molar refractivity (Wildman–Crippen MR) is 94.8 cm³/mol. The molecular formula is C18H23Cl2NO3. The molecule has 0 spiro atoms. The Morgan fingerprint density at radius 2 is 2.04 bits per heavy atom. The second-order valence-corrected chi connectivity index (χ2v) is 7.34. The van der Waals surface area contributed by atoms with Crippen LogP contribution in [0.5, 0.6) is 0 Å². The summed E-state index contributed by atoms with van der Waals surface area (Å²) in [4.78, 5) is 13.0. The van der Waals surface area contributed by atoms with Gasteiger partial charge in [-0.25, -0.2) is 0 Å². The van der Waals surface area contributed by atoms with E-state index in [-0.39, 0.29) is 12.0 Å². The van der Waals surface area contributed by atoms with Crippen molar-refractivity contribution in [1.29, 1.82) is 0 Å². The van der Waals surface area contributed by atoms with Gasteiger partial charge in [0.1, 0.15) is 0 Å². The second kappa shape index (κ2) is 8.05. The average molecular weight is 372 g/mol. The molecule has 2 aliphatic heterocycles. The van der Waals surface area contributed by atoms with Gasteiger partial charge < -0.3 is 14.8 Å². The van der Waals surface area contributed by atoms with Gasteiger partial charge in [0.15, 0.2) is 0 Å². The minimum Gasteiger partial charge on any atom is -0.381 e. The van der Waals surface area contributed by atoms with E-state index in [9.17, 15) is 4.79 Å². The Kier molecular flexibility index (Phi) is 6.03.